The van der Waals surface area contributed by atoms with Crippen molar-refractivity contribution in [1.29, 1.82) is 0 Å². The number of carbonyl (C=O) groups is 2. The quantitative estimate of drug-likeness (QED) is 0.636. The van der Waals surface area contributed by atoms with Gasteiger partial charge in [0, 0.05) is 18.7 Å². The van der Waals surface area contributed by atoms with Crippen molar-refractivity contribution in [2.24, 2.45) is 5.73 Å². The third-order valence-electron chi connectivity index (χ3n) is 4.81. The molecule has 0 saturated heterocycles. The Kier molecular flexibility index (Phi) is 6.63. The number of nitrogens with two attached hydrogens (primary N) is 1. The lowest BCUT2D eigenvalue weighted by Crippen LogP contribution is -2.36. The molecule has 5 heteroatoms. The second-order valence-electron chi connectivity index (χ2n) is 6.86. The van der Waals surface area contributed by atoms with E-state index in [2.05, 4.69) is 17.4 Å². The molecule has 0 heterocycles. The third kappa shape index (κ3) is 5.45. The number of aryl methyl sites for hydroxylation is 1. The summed E-state index contributed by atoms with van der Waals surface area (Å²) >= 11 is 0. The standard InChI is InChI=1S/C24H25N3O2/c1-18-7-5-6-10-21(18)17-27(23(28)15-16-26-24(25)29)22-13-11-20(12-14-22)19-8-3-2-4-9-19/h2-14H,15-17H2,1H3,(H3,25,26,29). The number of anilines is 1. The van der Waals surface area contributed by atoms with Gasteiger partial charge in [0.2, 0.25) is 5.91 Å². The van der Waals surface area contributed by atoms with E-state index in [-0.39, 0.29) is 18.9 Å². The number of urea groups is 1. The second-order valence-corrected chi connectivity index (χ2v) is 6.86. The van der Waals surface area contributed by atoms with Crippen LogP contribution in [0.2, 0.25) is 0 Å². The Labute approximate surface area is 171 Å². The zero-order valence-electron chi connectivity index (χ0n) is 16.5. The molecule has 0 aliphatic heterocycles. The Morgan fingerprint density at radius 2 is 1.48 bits per heavy atom. The van der Waals surface area contributed by atoms with Gasteiger partial charge in [0.15, 0.2) is 0 Å². The number of benzene rings is 3. The fourth-order valence-electron chi connectivity index (χ4n) is 3.17. The molecule has 3 rings (SSSR count). The zero-order chi connectivity index (χ0) is 20.6. The van der Waals surface area contributed by atoms with Crippen LogP contribution in [0.5, 0.6) is 0 Å². The van der Waals surface area contributed by atoms with Crippen molar-refractivity contribution in [3.63, 3.8) is 0 Å². The lowest BCUT2D eigenvalue weighted by molar-refractivity contribution is -0.118. The van der Waals surface area contributed by atoms with E-state index in [0.717, 1.165) is 27.9 Å². The number of hydrogen-bond acceptors (Lipinski definition) is 2. The first-order valence-electron chi connectivity index (χ1n) is 9.58. The van der Waals surface area contributed by atoms with Crippen LogP contribution in [-0.4, -0.2) is 18.5 Å². The van der Waals surface area contributed by atoms with Gasteiger partial charge in [0.25, 0.3) is 0 Å². The maximum absolute atomic E-state index is 12.9. The van der Waals surface area contributed by atoms with Gasteiger partial charge in [0.1, 0.15) is 0 Å². The molecular weight excluding hydrogens is 362 g/mol. The van der Waals surface area contributed by atoms with Crippen LogP contribution < -0.4 is 16.0 Å². The lowest BCUT2D eigenvalue weighted by Gasteiger charge is -2.24. The number of hydrogen-bond donors (Lipinski definition) is 2. The predicted octanol–water partition coefficient (Wildman–Crippen LogP) is 4.25. The van der Waals surface area contributed by atoms with Crippen molar-refractivity contribution >= 4 is 17.6 Å². The Morgan fingerprint density at radius 1 is 0.862 bits per heavy atom. The molecule has 0 aliphatic rings. The first-order valence-corrected chi connectivity index (χ1v) is 9.58. The Balaban J connectivity index is 1.84. The molecule has 0 aromatic heterocycles. The van der Waals surface area contributed by atoms with E-state index in [1.807, 2.05) is 73.7 Å². The highest BCUT2D eigenvalue weighted by Crippen LogP contribution is 2.25. The van der Waals surface area contributed by atoms with Crippen LogP contribution in [0, 0.1) is 6.92 Å². The summed E-state index contributed by atoms with van der Waals surface area (Å²) in [6, 6.07) is 25.4. The van der Waals surface area contributed by atoms with Gasteiger partial charge in [-0.25, -0.2) is 4.79 Å². The lowest BCUT2D eigenvalue weighted by atomic mass is 10.0. The molecule has 148 valence electrons. The molecular formula is C24H25N3O2. The summed E-state index contributed by atoms with van der Waals surface area (Å²) in [6.45, 7) is 2.71. The van der Waals surface area contributed by atoms with Gasteiger partial charge in [-0.2, -0.15) is 0 Å². The molecule has 3 aromatic rings. The van der Waals surface area contributed by atoms with Crippen LogP contribution >= 0.6 is 0 Å². The molecule has 29 heavy (non-hydrogen) atoms. The van der Waals surface area contributed by atoms with E-state index in [1.54, 1.807) is 4.90 Å². The number of primary amides is 1. The van der Waals surface area contributed by atoms with Crippen molar-refractivity contribution in [2.75, 3.05) is 11.4 Å². The number of carbonyl (C=O) groups excluding carboxylic acids is 2. The first-order chi connectivity index (χ1) is 14.0. The van der Waals surface area contributed by atoms with Gasteiger partial charge >= 0.3 is 6.03 Å². The maximum atomic E-state index is 12.9. The van der Waals surface area contributed by atoms with Crippen LogP contribution in [0.4, 0.5) is 10.5 Å². The van der Waals surface area contributed by atoms with Gasteiger partial charge in [-0.1, -0.05) is 66.7 Å². The predicted molar refractivity (Wildman–Crippen MR) is 116 cm³/mol. The van der Waals surface area contributed by atoms with Crippen LogP contribution in [0.1, 0.15) is 17.5 Å². The highest BCUT2D eigenvalue weighted by Gasteiger charge is 2.17. The average Bonchev–Trinajstić information content (AvgIpc) is 2.73. The van der Waals surface area contributed by atoms with Gasteiger partial charge in [-0.15, -0.1) is 0 Å². The second kappa shape index (κ2) is 9.55. The van der Waals surface area contributed by atoms with Crippen molar-refractivity contribution < 1.29 is 9.59 Å². The summed E-state index contributed by atoms with van der Waals surface area (Å²) in [5.74, 6) is -0.0746. The summed E-state index contributed by atoms with van der Waals surface area (Å²) in [7, 11) is 0. The van der Waals surface area contributed by atoms with Gasteiger partial charge in [-0.05, 0) is 41.3 Å². The monoisotopic (exact) mass is 387 g/mol. The van der Waals surface area contributed by atoms with Gasteiger partial charge in [0.05, 0.1) is 6.54 Å². The third-order valence-corrected chi connectivity index (χ3v) is 4.81. The molecule has 5 nitrogen and oxygen atoms in total. The SMILES string of the molecule is Cc1ccccc1CN(C(=O)CCNC(N)=O)c1ccc(-c2ccccc2)cc1. The molecule has 0 aliphatic carbocycles. The molecule has 3 amide bonds. The minimum absolute atomic E-state index is 0.0746. The van der Waals surface area contributed by atoms with E-state index in [4.69, 9.17) is 5.73 Å². The Bertz CT molecular complexity index is 969. The summed E-state index contributed by atoms with van der Waals surface area (Å²) in [5, 5.41) is 2.48. The van der Waals surface area contributed by atoms with Crippen molar-refractivity contribution in [1.82, 2.24) is 5.32 Å². The highest BCUT2D eigenvalue weighted by atomic mass is 16.2. The number of rotatable bonds is 7. The summed E-state index contributed by atoms with van der Waals surface area (Å²) in [6.07, 6.45) is 0.176. The minimum Gasteiger partial charge on any atom is -0.352 e. The largest absolute Gasteiger partial charge is 0.352 e. The zero-order valence-corrected chi connectivity index (χ0v) is 16.5. The van der Waals surface area contributed by atoms with Crippen LogP contribution in [-0.2, 0) is 11.3 Å². The van der Waals surface area contributed by atoms with E-state index < -0.39 is 6.03 Å². The van der Waals surface area contributed by atoms with Crippen molar-refractivity contribution in [3.05, 3.63) is 90.0 Å². The van der Waals surface area contributed by atoms with E-state index in [9.17, 15) is 9.59 Å². The average molecular weight is 387 g/mol. The van der Waals surface area contributed by atoms with E-state index in [1.165, 1.54) is 0 Å². The molecule has 3 N–H and O–H groups in total. The first kappa shape index (κ1) is 20.1. The minimum atomic E-state index is -0.629. The van der Waals surface area contributed by atoms with Crippen LogP contribution in [0.15, 0.2) is 78.9 Å². The van der Waals surface area contributed by atoms with Crippen LogP contribution in [0.25, 0.3) is 11.1 Å². The molecule has 3 aromatic carbocycles. The smallest absolute Gasteiger partial charge is 0.312 e. The maximum Gasteiger partial charge on any atom is 0.312 e. The summed E-state index contributed by atoms with van der Waals surface area (Å²) < 4.78 is 0. The molecule has 0 atom stereocenters. The highest BCUT2D eigenvalue weighted by molar-refractivity contribution is 5.94. The normalized spacial score (nSPS) is 10.4. The molecule has 0 saturated carbocycles. The van der Waals surface area contributed by atoms with Crippen LogP contribution in [0.3, 0.4) is 0 Å². The number of nitrogens with zero attached hydrogens (tertiary/aromatic N) is 1. The van der Waals surface area contributed by atoms with E-state index in [0.29, 0.717) is 6.54 Å². The fraction of sp³-hybridized carbons (Fsp3) is 0.167. The fourth-order valence-corrected chi connectivity index (χ4v) is 3.17. The summed E-state index contributed by atoms with van der Waals surface area (Å²) in [4.78, 5) is 25.6. The number of amides is 3. The summed E-state index contributed by atoms with van der Waals surface area (Å²) in [5.41, 5.74) is 10.3. The van der Waals surface area contributed by atoms with Gasteiger partial charge in [-0.3, -0.25) is 4.79 Å². The topological polar surface area (TPSA) is 75.4 Å². The van der Waals surface area contributed by atoms with Gasteiger partial charge < -0.3 is 16.0 Å². The molecule has 0 spiro atoms. The molecule has 0 fully saturated rings. The number of nitrogens with one attached hydrogen (secondary N) is 1. The Morgan fingerprint density at radius 3 is 2.14 bits per heavy atom. The van der Waals surface area contributed by atoms with Crippen molar-refractivity contribution in [2.45, 2.75) is 19.9 Å². The molecule has 0 radical (unpaired) electrons. The molecule has 0 unspecified atom stereocenters. The Hall–Kier alpha value is -3.60. The van der Waals surface area contributed by atoms with E-state index >= 15 is 0 Å². The molecule has 0 bridgehead atoms. The van der Waals surface area contributed by atoms with Crippen molar-refractivity contribution in [3.8, 4) is 11.1 Å².